The van der Waals surface area contributed by atoms with Gasteiger partial charge in [0.1, 0.15) is 5.69 Å². The maximum Gasteiger partial charge on any atom is 0.338 e. The van der Waals surface area contributed by atoms with Gasteiger partial charge in [-0.25, -0.2) is 4.79 Å². The third-order valence-electron chi connectivity index (χ3n) is 5.25. The first kappa shape index (κ1) is 20.4. The van der Waals surface area contributed by atoms with Crippen molar-refractivity contribution in [3.05, 3.63) is 75.5 Å². The van der Waals surface area contributed by atoms with Crippen LogP contribution in [0.2, 0.25) is 0 Å². The van der Waals surface area contributed by atoms with Gasteiger partial charge in [-0.05, 0) is 55.7 Å². The summed E-state index contributed by atoms with van der Waals surface area (Å²) in [5, 5.41) is 4.05. The Morgan fingerprint density at radius 3 is 2.80 bits per heavy atom. The van der Waals surface area contributed by atoms with Crippen LogP contribution in [0, 0.1) is 24.7 Å². The Bertz CT molecular complexity index is 1120. The molecule has 1 saturated carbocycles. The zero-order valence-electron chi connectivity index (χ0n) is 16.8. The SMILES string of the molecule is Cc1cc(C(=O)OCc2cc(-c3cccc(Br)c3)no2)ccc1C#CC1CCCC1. The minimum Gasteiger partial charge on any atom is -0.454 e. The molecule has 1 aliphatic carbocycles. The Hall–Kier alpha value is -2.84. The number of hydrogen-bond acceptors (Lipinski definition) is 4. The van der Waals surface area contributed by atoms with Crippen molar-refractivity contribution in [3.8, 4) is 23.1 Å². The minimum absolute atomic E-state index is 0.0299. The fraction of sp³-hybridized carbons (Fsp3) is 0.280. The fourth-order valence-electron chi connectivity index (χ4n) is 3.57. The number of aromatic nitrogens is 1. The van der Waals surface area contributed by atoms with Crippen molar-refractivity contribution in [1.29, 1.82) is 0 Å². The molecule has 0 unspecified atom stereocenters. The number of carbonyl (C=O) groups is 1. The van der Waals surface area contributed by atoms with E-state index >= 15 is 0 Å². The number of aryl methyl sites for hydroxylation is 1. The average molecular weight is 464 g/mol. The van der Waals surface area contributed by atoms with Crippen LogP contribution < -0.4 is 0 Å². The van der Waals surface area contributed by atoms with Gasteiger partial charge in [-0.2, -0.15) is 0 Å². The van der Waals surface area contributed by atoms with E-state index in [0.29, 0.717) is 22.9 Å². The minimum atomic E-state index is -0.395. The van der Waals surface area contributed by atoms with E-state index < -0.39 is 5.97 Å². The third-order valence-corrected chi connectivity index (χ3v) is 5.75. The molecule has 1 aliphatic rings. The lowest BCUT2D eigenvalue weighted by atomic mass is 10.0. The molecular formula is C25H22BrNO3. The van der Waals surface area contributed by atoms with E-state index in [9.17, 15) is 4.79 Å². The van der Waals surface area contributed by atoms with E-state index in [-0.39, 0.29) is 6.61 Å². The lowest BCUT2D eigenvalue weighted by molar-refractivity contribution is 0.0437. The molecule has 1 heterocycles. The molecule has 0 radical (unpaired) electrons. The van der Waals surface area contributed by atoms with E-state index in [2.05, 4.69) is 32.9 Å². The average Bonchev–Trinajstić information content (AvgIpc) is 3.43. The van der Waals surface area contributed by atoms with Crippen LogP contribution in [0.15, 0.2) is 57.5 Å². The molecule has 0 saturated heterocycles. The summed E-state index contributed by atoms with van der Waals surface area (Å²) < 4.78 is 11.7. The molecule has 0 N–H and O–H groups in total. The van der Waals surface area contributed by atoms with Gasteiger partial charge in [-0.3, -0.25) is 0 Å². The van der Waals surface area contributed by atoms with Gasteiger partial charge in [0.15, 0.2) is 12.4 Å². The maximum absolute atomic E-state index is 12.4. The molecule has 0 atom stereocenters. The van der Waals surface area contributed by atoms with E-state index in [1.165, 1.54) is 25.7 Å². The Labute approximate surface area is 184 Å². The molecule has 3 aromatic rings. The maximum atomic E-state index is 12.4. The molecule has 30 heavy (non-hydrogen) atoms. The van der Waals surface area contributed by atoms with Crippen LogP contribution in [-0.4, -0.2) is 11.1 Å². The largest absolute Gasteiger partial charge is 0.454 e. The molecule has 0 amide bonds. The number of hydrogen-bond donors (Lipinski definition) is 0. The van der Waals surface area contributed by atoms with E-state index in [0.717, 1.165) is 21.2 Å². The van der Waals surface area contributed by atoms with Gasteiger partial charge in [-0.15, -0.1) is 0 Å². The molecule has 2 aromatic carbocycles. The predicted octanol–water partition coefficient (Wildman–Crippen LogP) is 6.31. The van der Waals surface area contributed by atoms with Gasteiger partial charge in [0.2, 0.25) is 0 Å². The van der Waals surface area contributed by atoms with Crippen molar-refractivity contribution in [2.75, 3.05) is 0 Å². The Morgan fingerprint density at radius 1 is 1.20 bits per heavy atom. The number of rotatable bonds is 4. The molecule has 4 nitrogen and oxygen atoms in total. The number of nitrogens with zero attached hydrogens (tertiary/aromatic N) is 1. The van der Waals surface area contributed by atoms with Crippen LogP contribution >= 0.6 is 15.9 Å². The Balaban J connectivity index is 1.38. The highest BCUT2D eigenvalue weighted by molar-refractivity contribution is 9.10. The summed E-state index contributed by atoms with van der Waals surface area (Å²) in [5.41, 5.74) is 4.07. The monoisotopic (exact) mass is 463 g/mol. The molecular weight excluding hydrogens is 442 g/mol. The normalized spacial score (nSPS) is 13.7. The van der Waals surface area contributed by atoms with Crippen molar-refractivity contribution >= 4 is 21.9 Å². The fourth-order valence-corrected chi connectivity index (χ4v) is 3.96. The van der Waals surface area contributed by atoms with Crippen LogP contribution in [0.3, 0.4) is 0 Å². The number of esters is 1. The summed E-state index contributed by atoms with van der Waals surface area (Å²) in [6.45, 7) is 2.00. The Morgan fingerprint density at radius 2 is 2.03 bits per heavy atom. The number of ether oxygens (including phenoxy) is 1. The number of benzene rings is 2. The predicted molar refractivity (Wildman–Crippen MR) is 119 cm³/mol. The van der Waals surface area contributed by atoms with Gasteiger partial charge in [-0.1, -0.05) is 57.9 Å². The molecule has 0 bridgehead atoms. The second kappa shape index (κ2) is 9.32. The van der Waals surface area contributed by atoms with Gasteiger partial charge >= 0.3 is 5.97 Å². The summed E-state index contributed by atoms with van der Waals surface area (Å²) in [4.78, 5) is 12.4. The smallest absolute Gasteiger partial charge is 0.338 e. The number of carbonyl (C=O) groups excluding carboxylic acids is 1. The molecule has 0 spiro atoms. The lowest BCUT2D eigenvalue weighted by Crippen LogP contribution is -2.05. The molecule has 1 aromatic heterocycles. The van der Waals surface area contributed by atoms with Gasteiger partial charge < -0.3 is 9.26 Å². The second-order valence-electron chi connectivity index (χ2n) is 7.55. The van der Waals surface area contributed by atoms with E-state index in [1.807, 2.05) is 43.3 Å². The van der Waals surface area contributed by atoms with Crippen molar-refractivity contribution in [1.82, 2.24) is 5.16 Å². The quantitative estimate of drug-likeness (QED) is 0.335. The van der Waals surface area contributed by atoms with Crippen molar-refractivity contribution < 1.29 is 14.1 Å². The molecule has 1 fully saturated rings. The standard InChI is InChI=1S/C25H22BrNO3/c1-17-13-21(12-11-19(17)10-9-18-5-2-3-6-18)25(28)29-16-23-15-24(27-30-23)20-7-4-8-22(26)14-20/h4,7-8,11-15,18H,2-3,5-6,16H2,1H3. The van der Waals surface area contributed by atoms with Crippen LogP contribution in [-0.2, 0) is 11.3 Å². The zero-order chi connectivity index (χ0) is 20.9. The summed E-state index contributed by atoms with van der Waals surface area (Å²) in [6.07, 6.45) is 4.94. The second-order valence-corrected chi connectivity index (χ2v) is 8.46. The summed E-state index contributed by atoms with van der Waals surface area (Å²) >= 11 is 3.44. The highest BCUT2D eigenvalue weighted by atomic mass is 79.9. The molecule has 5 heteroatoms. The van der Waals surface area contributed by atoms with Gasteiger partial charge in [0.25, 0.3) is 0 Å². The third kappa shape index (κ3) is 5.01. The lowest BCUT2D eigenvalue weighted by Gasteiger charge is -2.05. The molecule has 0 aliphatic heterocycles. The van der Waals surface area contributed by atoms with Crippen LogP contribution in [0.5, 0.6) is 0 Å². The first-order valence-corrected chi connectivity index (χ1v) is 10.9. The topological polar surface area (TPSA) is 52.3 Å². The number of halogens is 1. The summed E-state index contributed by atoms with van der Waals surface area (Å²) in [7, 11) is 0. The van der Waals surface area contributed by atoms with Crippen LogP contribution in [0.4, 0.5) is 0 Å². The van der Waals surface area contributed by atoms with Crippen molar-refractivity contribution in [2.24, 2.45) is 5.92 Å². The van der Waals surface area contributed by atoms with Gasteiger partial charge in [0.05, 0.1) is 5.56 Å². The summed E-state index contributed by atoms with van der Waals surface area (Å²) in [5.74, 6) is 7.25. The molecule has 4 rings (SSSR count). The van der Waals surface area contributed by atoms with Gasteiger partial charge in [0, 0.05) is 27.6 Å². The first-order valence-electron chi connectivity index (χ1n) is 10.1. The zero-order valence-corrected chi connectivity index (χ0v) is 18.4. The molecule has 152 valence electrons. The Kier molecular flexibility index (Phi) is 6.35. The van der Waals surface area contributed by atoms with Crippen molar-refractivity contribution in [2.45, 2.75) is 39.2 Å². The van der Waals surface area contributed by atoms with Crippen LogP contribution in [0.25, 0.3) is 11.3 Å². The highest BCUT2D eigenvalue weighted by Gasteiger charge is 2.14. The highest BCUT2D eigenvalue weighted by Crippen LogP contribution is 2.24. The van der Waals surface area contributed by atoms with Crippen LogP contribution in [0.1, 0.15) is 52.9 Å². The van der Waals surface area contributed by atoms with Crippen molar-refractivity contribution in [3.63, 3.8) is 0 Å². The van der Waals surface area contributed by atoms with E-state index in [4.69, 9.17) is 9.26 Å². The van der Waals surface area contributed by atoms with E-state index in [1.54, 1.807) is 12.1 Å². The first-order chi connectivity index (χ1) is 14.6. The summed E-state index contributed by atoms with van der Waals surface area (Å²) in [6, 6.07) is 15.0.